The van der Waals surface area contributed by atoms with Crippen molar-refractivity contribution in [3.63, 3.8) is 0 Å². The van der Waals surface area contributed by atoms with E-state index in [2.05, 4.69) is 291 Å². The predicted octanol–water partition coefficient (Wildman–Crippen LogP) is 27.5. The average Bonchev–Trinajstić information content (AvgIpc) is 1.50. The Kier molecular flexibility index (Phi) is 14.1. The van der Waals surface area contributed by atoms with Gasteiger partial charge in [-0.2, -0.15) is 0 Å². The lowest BCUT2D eigenvalue weighted by atomic mass is 9.92. The number of fused-ring (bicyclic) bond motifs is 17. The molecular formula is C102H58N6O4. The zero-order valence-corrected chi connectivity index (χ0v) is 59.8. The van der Waals surface area contributed by atoms with E-state index >= 15 is 0 Å². The maximum atomic E-state index is 7.09. The molecule has 0 saturated carbocycles. The first-order valence-electron chi connectivity index (χ1n) is 37.5. The van der Waals surface area contributed by atoms with E-state index in [4.69, 9.17) is 47.6 Å². The number of para-hydroxylation sites is 3. The van der Waals surface area contributed by atoms with E-state index in [-0.39, 0.29) is 0 Å². The third-order valence-electron chi connectivity index (χ3n) is 22.2. The molecule has 10 heteroatoms. The molecule has 0 radical (unpaired) electrons. The summed E-state index contributed by atoms with van der Waals surface area (Å²) in [6.07, 6.45) is 0. The molecule has 0 N–H and O–H groups in total. The molecule has 0 unspecified atom stereocenters. The van der Waals surface area contributed by atoms with Crippen molar-refractivity contribution < 1.29 is 17.7 Å². The third kappa shape index (κ3) is 10.3. The minimum Gasteiger partial charge on any atom is -0.456 e. The minimum absolute atomic E-state index is 0.507. The largest absolute Gasteiger partial charge is 0.456 e. The Morgan fingerprint density at radius 2 is 0.536 bits per heavy atom. The maximum absolute atomic E-state index is 7.09. The van der Waals surface area contributed by atoms with Gasteiger partial charge >= 0.3 is 0 Å². The van der Waals surface area contributed by atoms with Crippen LogP contribution in [0, 0.1) is 0 Å². The fraction of sp³-hybridized carbons (Fsp3) is 0. The van der Waals surface area contributed by atoms with Crippen molar-refractivity contribution in [1.82, 2.24) is 29.9 Å². The summed E-state index contributed by atoms with van der Waals surface area (Å²) >= 11 is 0. The number of hydrogen-bond donors (Lipinski definition) is 0. The van der Waals surface area contributed by atoms with Crippen molar-refractivity contribution in [1.29, 1.82) is 0 Å². The molecule has 0 aliphatic carbocycles. The van der Waals surface area contributed by atoms with Crippen molar-refractivity contribution in [3.05, 3.63) is 352 Å². The van der Waals surface area contributed by atoms with Gasteiger partial charge in [-0.3, -0.25) is 0 Å². The summed E-state index contributed by atoms with van der Waals surface area (Å²) in [5, 5.41) is 14.1. The van der Waals surface area contributed by atoms with E-state index in [0.717, 1.165) is 193 Å². The van der Waals surface area contributed by atoms with E-state index in [1.54, 1.807) is 0 Å². The smallest absolute Gasteiger partial charge is 0.164 e. The van der Waals surface area contributed by atoms with Gasteiger partial charge in [0.1, 0.15) is 44.7 Å². The second-order valence-corrected chi connectivity index (χ2v) is 28.7. The predicted molar refractivity (Wildman–Crippen MR) is 455 cm³/mol. The molecule has 0 spiro atoms. The zero-order valence-electron chi connectivity index (χ0n) is 59.8. The van der Waals surface area contributed by atoms with Gasteiger partial charge in [-0.05, 0) is 144 Å². The van der Waals surface area contributed by atoms with Crippen LogP contribution in [0.3, 0.4) is 0 Å². The van der Waals surface area contributed by atoms with Gasteiger partial charge in [0.2, 0.25) is 0 Å². The molecule has 0 bridgehead atoms. The van der Waals surface area contributed by atoms with Gasteiger partial charge in [-0.15, -0.1) is 0 Å². The minimum atomic E-state index is 0.507. The molecule has 520 valence electrons. The molecule has 23 rings (SSSR count). The van der Waals surface area contributed by atoms with Crippen LogP contribution in [0.15, 0.2) is 370 Å². The molecule has 23 aromatic rings. The monoisotopic (exact) mass is 1430 g/mol. The molecule has 6 heterocycles. The molecule has 0 atom stereocenters. The van der Waals surface area contributed by atoms with Crippen LogP contribution >= 0.6 is 0 Å². The molecule has 0 saturated heterocycles. The first-order chi connectivity index (χ1) is 55.4. The lowest BCUT2D eigenvalue weighted by molar-refractivity contribution is 0.669. The maximum Gasteiger partial charge on any atom is 0.164 e. The van der Waals surface area contributed by atoms with Crippen LogP contribution in [0.2, 0.25) is 0 Å². The molecule has 112 heavy (non-hydrogen) atoms. The number of rotatable bonds is 11. The Balaban J connectivity index is 0.671. The molecule has 17 aromatic carbocycles. The van der Waals surface area contributed by atoms with Gasteiger partial charge in [-0.1, -0.05) is 279 Å². The normalized spacial score (nSPS) is 11.9. The van der Waals surface area contributed by atoms with Crippen LogP contribution in [0.1, 0.15) is 0 Å². The van der Waals surface area contributed by atoms with Crippen LogP contribution < -0.4 is 0 Å². The van der Waals surface area contributed by atoms with Crippen LogP contribution in [0.5, 0.6) is 0 Å². The summed E-state index contributed by atoms with van der Waals surface area (Å²) in [6, 6.07) is 122. The van der Waals surface area contributed by atoms with Gasteiger partial charge in [0.05, 0.1) is 0 Å². The Morgan fingerprint density at radius 1 is 0.152 bits per heavy atom. The van der Waals surface area contributed by atoms with Crippen LogP contribution in [0.25, 0.3) is 244 Å². The fourth-order valence-corrected chi connectivity index (χ4v) is 16.9. The molecule has 0 fully saturated rings. The second kappa shape index (κ2) is 25.2. The summed E-state index contributed by atoms with van der Waals surface area (Å²) in [6.45, 7) is 0. The van der Waals surface area contributed by atoms with Crippen molar-refractivity contribution >= 4 is 120 Å². The lowest BCUT2D eigenvalue weighted by Crippen LogP contribution is -2.01. The van der Waals surface area contributed by atoms with Crippen molar-refractivity contribution in [2.45, 2.75) is 0 Å². The molecule has 10 nitrogen and oxygen atoms in total. The Morgan fingerprint density at radius 3 is 1.23 bits per heavy atom. The molecule has 0 aliphatic heterocycles. The van der Waals surface area contributed by atoms with E-state index in [1.807, 2.05) is 60.7 Å². The standard InChI is InChI=1S/C102H58N6O4/c1-3-18-59(19-4-1)62-40-45-66(46-41-62)97-103-100(80-32-16-36-85-92(80)77-51-48-70(58-89(77)111-85)69-47-42-61-22-7-8-23-67(61)54-69)108-102(104-97)82-57-73(56-71-50-53-88-95(91(71)82)76-28-10-12-35-84(76)110-88)63-38-43-64(44-39-63)74-29-15-30-78-93-81(33-17-37-86(93)112-96(74)78)101-106-98(72-26-13-25-68(55-72)60-20-5-2-6-21-60)105-99(107-101)79-31-14-24-65-49-52-87-94(90(65)79)75-27-9-11-34-83(75)109-87/h1-58H. The fourth-order valence-electron chi connectivity index (χ4n) is 16.9. The van der Waals surface area contributed by atoms with E-state index in [9.17, 15) is 0 Å². The van der Waals surface area contributed by atoms with Gasteiger partial charge in [-0.25, -0.2) is 29.9 Å². The first kappa shape index (κ1) is 62.9. The topological polar surface area (TPSA) is 130 Å². The number of hydrogen-bond acceptors (Lipinski definition) is 10. The van der Waals surface area contributed by atoms with Gasteiger partial charge in [0.15, 0.2) is 34.9 Å². The highest BCUT2D eigenvalue weighted by Gasteiger charge is 2.26. The number of aromatic nitrogens is 6. The van der Waals surface area contributed by atoms with E-state index in [0.29, 0.717) is 40.5 Å². The summed E-state index contributed by atoms with van der Waals surface area (Å²) in [5.41, 5.74) is 21.6. The highest BCUT2D eigenvalue weighted by atomic mass is 16.3. The van der Waals surface area contributed by atoms with Crippen molar-refractivity contribution in [3.8, 4) is 124 Å². The Bertz CT molecular complexity index is 7810. The third-order valence-corrected chi connectivity index (χ3v) is 22.2. The van der Waals surface area contributed by atoms with Crippen molar-refractivity contribution in [2.24, 2.45) is 0 Å². The molecule has 0 aliphatic rings. The van der Waals surface area contributed by atoms with Gasteiger partial charge in [0.25, 0.3) is 0 Å². The van der Waals surface area contributed by atoms with Gasteiger partial charge in [0, 0.05) is 92.8 Å². The van der Waals surface area contributed by atoms with Gasteiger partial charge < -0.3 is 17.7 Å². The number of furan rings is 4. The van der Waals surface area contributed by atoms with E-state index < -0.39 is 0 Å². The SMILES string of the molecule is c1ccc(-c2ccc(-c3nc(-c4cccc5oc6cc(-c7ccc8ccccc8c7)ccc6c45)nc(-c4cc(-c5ccc(-c6cccc7c6oc6cccc(-c8nc(-c9cccc(-c%10ccccc%10)c9)nc(-c9cccc%10ccc%11oc%12ccccc%12c%11c9%10)n8)c67)cc5)cc5ccc6oc7ccccc7c6c45)n3)cc2)cc1. The van der Waals surface area contributed by atoms with Crippen molar-refractivity contribution in [2.75, 3.05) is 0 Å². The molecule has 6 aromatic heterocycles. The highest BCUT2D eigenvalue weighted by Crippen LogP contribution is 2.47. The summed E-state index contributed by atoms with van der Waals surface area (Å²) in [7, 11) is 0. The van der Waals surface area contributed by atoms with E-state index in [1.165, 1.54) is 10.8 Å². The Hall–Kier alpha value is -15.3. The first-order valence-corrected chi connectivity index (χ1v) is 37.5. The summed E-state index contributed by atoms with van der Waals surface area (Å²) < 4.78 is 27.1. The van der Waals surface area contributed by atoms with Crippen LogP contribution in [-0.2, 0) is 0 Å². The second-order valence-electron chi connectivity index (χ2n) is 28.7. The van der Waals surface area contributed by atoms with Crippen LogP contribution in [0.4, 0.5) is 0 Å². The van der Waals surface area contributed by atoms with Crippen LogP contribution in [-0.4, -0.2) is 29.9 Å². The quantitative estimate of drug-likeness (QED) is 0.123. The number of nitrogens with zero attached hydrogens (tertiary/aromatic N) is 6. The number of benzene rings is 17. The summed E-state index contributed by atoms with van der Waals surface area (Å²) in [4.78, 5) is 33.0. The molecular weight excluding hydrogens is 1370 g/mol. The highest BCUT2D eigenvalue weighted by molar-refractivity contribution is 6.25. The lowest BCUT2D eigenvalue weighted by Gasteiger charge is -2.14. The summed E-state index contributed by atoms with van der Waals surface area (Å²) in [5.74, 6) is 3.15. The average molecular weight is 1430 g/mol. The molecule has 0 amide bonds. The Labute approximate surface area is 639 Å². The zero-order chi connectivity index (χ0) is 73.5.